The van der Waals surface area contributed by atoms with Crippen LogP contribution in [0, 0.1) is 0 Å². The zero-order valence-corrected chi connectivity index (χ0v) is 11.8. The fourth-order valence-corrected chi connectivity index (χ4v) is 1.59. The van der Waals surface area contributed by atoms with Crippen LogP contribution in [-0.2, 0) is 4.74 Å². The molecule has 5 nitrogen and oxygen atoms in total. The molecule has 0 aliphatic heterocycles. The Labute approximate surface area is 114 Å². The number of hydrogen-bond donors (Lipinski definition) is 2. The number of rotatable bonds is 7. The average Bonchev–Trinajstić information content (AvgIpc) is 2.38. The molecule has 0 aromatic heterocycles. The SMILES string of the molecule is COCC(C)NC(N)=NCC(C)Oc1ccccc1. The molecule has 0 amide bonds. The fourth-order valence-electron chi connectivity index (χ4n) is 1.59. The van der Waals surface area contributed by atoms with Crippen LogP contribution in [0.3, 0.4) is 0 Å². The number of nitrogens with zero attached hydrogens (tertiary/aromatic N) is 1. The van der Waals surface area contributed by atoms with Crippen LogP contribution in [-0.4, -0.2) is 38.4 Å². The molecule has 0 aliphatic rings. The lowest BCUT2D eigenvalue weighted by molar-refractivity contribution is 0.179. The van der Waals surface area contributed by atoms with Crippen molar-refractivity contribution in [2.75, 3.05) is 20.3 Å². The zero-order chi connectivity index (χ0) is 14.1. The van der Waals surface area contributed by atoms with Gasteiger partial charge in [0.1, 0.15) is 11.9 Å². The number of methoxy groups -OCH3 is 1. The molecule has 0 saturated carbocycles. The predicted molar refractivity (Wildman–Crippen MR) is 77.5 cm³/mol. The van der Waals surface area contributed by atoms with E-state index in [4.69, 9.17) is 15.2 Å². The maximum Gasteiger partial charge on any atom is 0.189 e. The Bertz CT molecular complexity index is 382. The molecule has 2 atom stereocenters. The number of guanidine groups is 1. The van der Waals surface area contributed by atoms with Gasteiger partial charge in [-0.25, -0.2) is 4.99 Å². The maximum absolute atomic E-state index is 5.77. The Hall–Kier alpha value is -1.75. The minimum absolute atomic E-state index is 0.0273. The van der Waals surface area contributed by atoms with Gasteiger partial charge in [-0.3, -0.25) is 0 Å². The summed E-state index contributed by atoms with van der Waals surface area (Å²) < 4.78 is 10.7. The van der Waals surface area contributed by atoms with E-state index in [0.29, 0.717) is 19.1 Å². The third-order valence-corrected chi connectivity index (χ3v) is 2.41. The molecule has 1 rings (SSSR count). The molecule has 1 aromatic rings. The molecule has 2 unspecified atom stereocenters. The van der Waals surface area contributed by atoms with Gasteiger partial charge >= 0.3 is 0 Å². The monoisotopic (exact) mass is 265 g/mol. The molecule has 1 aromatic carbocycles. The summed E-state index contributed by atoms with van der Waals surface area (Å²) in [7, 11) is 1.65. The largest absolute Gasteiger partial charge is 0.489 e. The number of nitrogens with two attached hydrogens (primary N) is 1. The van der Waals surface area contributed by atoms with Gasteiger partial charge in [0.15, 0.2) is 5.96 Å². The molecule has 0 aliphatic carbocycles. The first-order valence-electron chi connectivity index (χ1n) is 6.39. The lowest BCUT2D eigenvalue weighted by Gasteiger charge is -2.15. The van der Waals surface area contributed by atoms with E-state index < -0.39 is 0 Å². The van der Waals surface area contributed by atoms with Crippen molar-refractivity contribution in [3.8, 4) is 5.75 Å². The van der Waals surface area contributed by atoms with Crippen LogP contribution in [0.4, 0.5) is 0 Å². The second-order valence-electron chi connectivity index (χ2n) is 4.47. The molecule has 0 bridgehead atoms. The summed E-state index contributed by atoms with van der Waals surface area (Å²) in [6.07, 6.45) is -0.0273. The van der Waals surface area contributed by atoms with Crippen molar-refractivity contribution in [2.45, 2.75) is 26.0 Å². The predicted octanol–water partition coefficient (Wildman–Crippen LogP) is 1.39. The Morgan fingerprint density at radius 3 is 2.63 bits per heavy atom. The van der Waals surface area contributed by atoms with Gasteiger partial charge in [-0.15, -0.1) is 0 Å². The van der Waals surface area contributed by atoms with Gasteiger partial charge in [-0.2, -0.15) is 0 Å². The summed E-state index contributed by atoms with van der Waals surface area (Å²) >= 11 is 0. The Kier molecular flexibility index (Phi) is 6.74. The molecule has 0 heterocycles. The molecule has 106 valence electrons. The highest BCUT2D eigenvalue weighted by Crippen LogP contribution is 2.10. The first-order chi connectivity index (χ1) is 9.11. The van der Waals surface area contributed by atoms with E-state index >= 15 is 0 Å². The van der Waals surface area contributed by atoms with Crippen LogP contribution in [0.1, 0.15) is 13.8 Å². The Balaban J connectivity index is 2.34. The normalized spacial score (nSPS) is 14.8. The second kappa shape index (κ2) is 8.37. The van der Waals surface area contributed by atoms with Crippen LogP contribution in [0.2, 0.25) is 0 Å². The first-order valence-corrected chi connectivity index (χ1v) is 6.39. The van der Waals surface area contributed by atoms with Crippen molar-refractivity contribution in [1.82, 2.24) is 5.32 Å². The quantitative estimate of drug-likeness (QED) is 0.577. The van der Waals surface area contributed by atoms with E-state index in [1.54, 1.807) is 7.11 Å². The lowest BCUT2D eigenvalue weighted by Crippen LogP contribution is -2.41. The third-order valence-electron chi connectivity index (χ3n) is 2.41. The second-order valence-corrected chi connectivity index (χ2v) is 4.47. The Morgan fingerprint density at radius 1 is 1.32 bits per heavy atom. The molecule has 5 heteroatoms. The fraction of sp³-hybridized carbons (Fsp3) is 0.500. The molecule has 0 fully saturated rings. The number of para-hydroxylation sites is 1. The van der Waals surface area contributed by atoms with Crippen LogP contribution >= 0.6 is 0 Å². The highest BCUT2D eigenvalue weighted by molar-refractivity contribution is 5.78. The molecular weight excluding hydrogens is 242 g/mol. The summed E-state index contributed by atoms with van der Waals surface area (Å²) in [6.45, 7) is 5.04. The van der Waals surface area contributed by atoms with Gasteiger partial charge in [-0.05, 0) is 26.0 Å². The molecule has 19 heavy (non-hydrogen) atoms. The number of benzene rings is 1. The minimum Gasteiger partial charge on any atom is -0.489 e. The number of hydrogen-bond acceptors (Lipinski definition) is 3. The molecule has 0 radical (unpaired) electrons. The number of nitrogens with one attached hydrogen (secondary N) is 1. The van der Waals surface area contributed by atoms with E-state index in [0.717, 1.165) is 5.75 Å². The smallest absolute Gasteiger partial charge is 0.189 e. The van der Waals surface area contributed by atoms with E-state index in [1.165, 1.54) is 0 Å². The van der Waals surface area contributed by atoms with Crippen LogP contribution < -0.4 is 15.8 Å². The standard InChI is InChI=1S/C14H23N3O2/c1-11(10-18-3)17-14(15)16-9-12(2)19-13-7-5-4-6-8-13/h4-8,11-12H,9-10H2,1-3H3,(H3,15,16,17). The van der Waals surface area contributed by atoms with E-state index in [2.05, 4.69) is 10.3 Å². The van der Waals surface area contributed by atoms with Gasteiger partial charge < -0.3 is 20.5 Å². The van der Waals surface area contributed by atoms with Crippen LogP contribution in [0.5, 0.6) is 5.75 Å². The summed E-state index contributed by atoms with van der Waals surface area (Å²) in [4.78, 5) is 4.25. The van der Waals surface area contributed by atoms with Crippen molar-refractivity contribution >= 4 is 5.96 Å². The van der Waals surface area contributed by atoms with Crippen LogP contribution in [0.15, 0.2) is 35.3 Å². The maximum atomic E-state index is 5.77. The van der Waals surface area contributed by atoms with Gasteiger partial charge in [0, 0.05) is 13.2 Å². The molecule has 3 N–H and O–H groups in total. The highest BCUT2D eigenvalue weighted by Gasteiger charge is 2.05. The molecular formula is C14H23N3O2. The average molecular weight is 265 g/mol. The van der Waals surface area contributed by atoms with Gasteiger partial charge in [0.2, 0.25) is 0 Å². The lowest BCUT2D eigenvalue weighted by atomic mass is 10.3. The van der Waals surface area contributed by atoms with Crippen LogP contribution in [0.25, 0.3) is 0 Å². The summed E-state index contributed by atoms with van der Waals surface area (Å²) in [6, 6.07) is 9.81. The summed E-state index contributed by atoms with van der Waals surface area (Å²) in [5.41, 5.74) is 5.77. The van der Waals surface area contributed by atoms with Crippen molar-refractivity contribution in [3.63, 3.8) is 0 Å². The molecule has 0 saturated heterocycles. The van der Waals surface area contributed by atoms with E-state index in [9.17, 15) is 0 Å². The Morgan fingerprint density at radius 2 is 2.00 bits per heavy atom. The van der Waals surface area contributed by atoms with E-state index in [-0.39, 0.29) is 12.1 Å². The third kappa shape index (κ3) is 6.67. The van der Waals surface area contributed by atoms with Crippen molar-refractivity contribution < 1.29 is 9.47 Å². The van der Waals surface area contributed by atoms with E-state index in [1.807, 2.05) is 44.2 Å². The van der Waals surface area contributed by atoms with Gasteiger partial charge in [-0.1, -0.05) is 18.2 Å². The number of aliphatic imine (C=N–C) groups is 1. The van der Waals surface area contributed by atoms with Gasteiger partial charge in [0.25, 0.3) is 0 Å². The van der Waals surface area contributed by atoms with Crippen molar-refractivity contribution in [1.29, 1.82) is 0 Å². The highest BCUT2D eigenvalue weighted by atomic mass is 16.5. The summed E-state index contributed by atoms with van der Waals surface area (Å²) in [5.74, 6) is 1.25. The topological polar surface area (TPSA) is 68.9 Å². The van der Waals surface area contributed by atoms with Crippen molar-refractivity contribution in [2.24, 2.45) is 10.7 Å². The number of ether oxygens (including phenoxy) is 2. The van der Waals surface area contributed by atoms with Crippen molar-refractivity contribution in [3.05, 3.63) is 30.3 Å². The molecule has 0 spiro atoms. The van der Waals surface area contributed by atoms with Gasteiger partial charge in [0.05, 0.1) is 13.2 Å². The minimum atomic E-state index is -0.0273. The first kappa shape index (κ1) is 15.3. The zero-order valence-electron chi connectivity index (χ0n) is 11.8. The summed E-state index contributed by atoms with van der Waals surface area (Å²) in [5, 5.41) is 3.05.